The summed E-state index contributed by atoms with van der Waals surface area (Å²) in [5, 5.41) is 0. The van der Waals surface area contributed by atoms with E-state index in [1.165, 1.54) is 51.4 Å². The van der Waals surface area contributed by atoms with Crippen LogP contribution in [0.5, 0.6) is 0 Å². The maximum atomic E-state index is 12.9. The highest BCUT2D eigenvalue weighted by Gasteiger charge is 2.58. The lowest BCUT2D eigenvalue weighted by atomic mass is 9.59. The summed E-state index contributed by atoms with van der Waals surface area (Å²) in [6.45, 7) is 2.00. The lowest BCUT2D eigenvalue weighted by Crippen LogP contribution is -2.51. The van der Waals surface area contributed by atoms with Crippen molar-refractivity contribution in [1.29, 1.82) is 0 Å². The number of nitrogens with zero attached hydrogens (tertiary/aromatic N) is 1. The Hall–Kier alpha value is -0.280. The Morgan fingerprint density at radius 2 is 1.82 bits per heavy atom. The smallest absolute Gasteiger partial charge is 0.225 e. The van der Waals surface area contributed by atoms with Crippen LogP contribution in [0.4, 0.5) is 0 Å². The van der Waals surface area contributed by atoms with E-state index in [0.29, 0.717) is 17.4 Å². The molecule has 4 rings (SSSR count). The molecule has 4 aliphatic rings. The molecule has 22 heavy (non-hydrogen) atoms. The van der Waals surface area contributed by atoms with E-state index in [9.17, 15) is 4.79 Å². The summed E-state index contributed by atoms with van der Waals surface area (Å²) in [6.07, 6.45) is 12.5. The van der Waals surface area contributed by atoms with Crippen molar-refractivity contribution in [3.05, 3.63) is 0 Å². The van der Waals surface area contributed by atoms with E-state index in [1.54, 1.807) is 0 Å². The van der Waals surface area contributed by atoms with Crippen LogP contribution in [-0.4, -0.2) is 29.9 Å². The van der Waals surface area contributed by atoms with Crippen LogP contribution in [-0.2, 0) is 4.79 Å². The first-order valence-corrected chi connectivity index (χ1v) is 9.25. The van der Waals surface area contributed by atoms with Crippen LogP contribution in [0, 0.1) is 23.2 Å². The lowest BCUT2D eigenvalue weighted by molar-refractivity contribution is -0.140. The van der Waals surface area contributed by atoms with E-state index in [2.05, 4.69) is 4.90 Å². The molecule has 3 aliphatic carbocycles. The average molecular weight is 327 g/mol. The van der Waals surface area contributed by atoms with Gasteiger partial charge in [0.15, 0.2) is 0 Å². The number of likely N-dealkylation sites (tertiary alicyclic amines) is 1. The molecule has 5 atom stereocenters. The van der Waals surface area contributed by atoms with Crippen molar-refractivity contribution in [2.75, 3.05) is 13.1 Å². The Morgan fingerprint density at radius 1 is 1.05 bits per heavy atom. The predicted molar refractivity (Wildman–Crippen MR) is 90.9 cm³/mol. The van der Waals surface area contributed by atoms with Crippen LogP contribution >= 0.6 is 12.4 Å². The molecule has 1 amide bonds. The monoisotopic (exact) mass is 326 g/mol. The van der Waals surface area contributed by atoms with Gasteiger partial charge >= 0.3 is 0 Å². The highest BCUT2D eigenvalue weighted by molar-refractivity contribution is 5.85. The summed E-state index contributed by atoms with van der Waals surface area (Å²) in [5.41, 5.74) is 6.98. The summed E-state index contributed by atoms with van der Waals surface area (Å²) in [4.78, 5) is 15.0. The maximum absolute atomic E-state index is 12.9. The summed E-state index contributed by atoms with van der Waals surface area (Å²) >= 11 is 0. The molecule has 0 aromatic heterocycles. The van der Waals surface area contributed by atoms with Crippen LogP contribution < -0.4 is 5.73 Å². The first kappa shape index (κ1) is 16.6. The molecule has 1 saturated heterocycles. The number of rotatable bonds is 1. The number of amides is 1. The zero-order valence-corrected chi connectivity index (χ0v) is 14.5. The minimum atomic E-state index is 0. The molecular formula is C18H31ClN2O. The number of carbonyl (C=O) groups excluding carboxylic acids is 1. The second-order valence-electron chi connectivity index (χ2n) is 8.21. The fraction of sp³-hybridized carbons (Fsp3) is 0.944. The van der Waals surface area contributed by atoms with Crippen molar-refractivity contribution >= 4 is 18.3 Å². The lowest BCUT2D eigenvalue weighted by Gasteiger charge is -2.48. The first-order valence-electron chi connectivity index (χ1n) is 9.25. The van der Waals surface area contributed by atoms with Crippen molar-refractivity contribution in [3.63, 3.8) is 0 Å². The third-order valence-corrected chi connectivity index (χ3v) is 7.30. The number of carbonyl (C=O) groups is 1. The number of piperidine rings is 1. The minimum absolute atomic E-state index is 0. The highest BCUT2D eigenvalue weighted by atomic mass is 35.5. The Kier molecular flexibility index (Phi) is 4.76. The van der Waals surface area contributed by atoms with Crippen LogP contribution in [0.1, 0.15) is 64.2 Å². The van der Waals surface area contributed by atoms with Gasteiger partial charge in [-0.1, -0.05) is 6.42 Å². The normalized spacial score (nSPS) is 44.1. The van der Waals surface area contributed by atoms with Crippen molar-refractivity contribution in [2.24, 2.45) is 28.9 Å². The van der Waals surface area contributed by atoms with Crippen molar-refractivity contribution in [1.82, 2.24) is 4.90 Å². The van der Waals surface area contributed by atoms with Gasteiger partial charge < -0.3 is 10.6 Å². The third kappa shape index (κ3) is 2.49. The molecule has 126 valence electrons. The number of nitrogens with two attached hydrogens (primary N) is 1. The summed E-state index contributed by atoms with van der Waals surface area (Å²) < 4.78 is 0. The largest absolute Gasteiger partial charge is 0.342 e. The average Bonchev–Trinajstić information content (AvgIpc) is 3.11. The van der Waals surface area contributed by atoms with Crippen molar-refractivity contribution in [3.8, 4) is 0 Å². The standard InChI is InChI=1S/C18H30N2O.ClH/c19-16-13-6-7-15(11-13)18(16)8-4-5-14(12-18)17(21)20-9-2-1-3-10-20;/h13-16H,1-12,19H2;1H/t13-,14?,15+,16-,18?;/m1./s1. The Morgan fingerprint density at radius 3 is 2.50 bits per heavy atom. The van der Waals surface area contributed by atoms with E-state index in [-0.39, 0.29) is 18.3 Å². The Labute approximate surface area is 140 Å². The summed E-state index contributed by atoms with van der Waals surface area (Å²) in [6, 6.07) is 0.383. The molecule has 2 unspecified atom stereocenters. The number of hydrogen-bond donors (Lipinski definition) is 1. The number of halogens is 1. The van der Waals surface area contributed by atoms with Gasteiger partial charge in [-0.05, 0) is 75.0 Å². The quantitative estimate of drug-likeness (QED) is 0.803. The molecule has 1 aliphatic heterocycles. The molecule has 2 bridgehead atoms. The SMILES string of the molecule is Cl.N[C@@H]1[C@@H]2CC[C@@H](C2)C12CCCC(C(=O)N1CCCCC1)C2. The Bertz CT molecular complexity index is 419. The number of hydrogen-bond acceptors (Lipinski definition) is 2. The second-order valence-corrected chi connectivity index (χ2v) is 8.21. The fourth-order valence-electron chi connectivity index (χ4n) is 6.20. The van der Waals surface area contributed by atoms with Gasteiger partial charge in [0, 0.05) is 25.0 Å². The molecule has 3 nitrogen and oxygen atoms in total. The van der Waals surface area contributed by atoms with Crippen LogP contribution in [0.3, 0.4) is 0 Å². The first-order chi connectivity index (χ1) is 10.2. The van der Waals surface area contributed by atoms with Crippen LogP contribution in [0.15, 0.2) is 0 Å². The van der Waals surface area contributed by atoms with Gasteiger partial charge in [-0.15, -0.1) is 12.4 Å². The molecule has 0 aromatic carbocycles. The van der Waals surface area contributed by atoms with Gasteiger partial charge in [0.2, 0.25) is 5.91 Å². The number of fused-ring (bicyclic) bond motifs is 3. The van der Waals surface area contributed by atoms with Gasteiger partial charge in [0.25, 0.3) is 0 Å². The summed E-state index contributed by atoms with van der Waals surface area (Å²) in [5.74, 6) is 2.33. The van der Waals surface area contributed by atoms with Crippen molar-refractivity contribution < 1.29 is 4.79 Å². The van der Waals surface area contributed by atoms with Gasteiger partial charge in [-0.2, -0.15) is 0 Å². The molecule has 3 saturated carbocycles. The van der Waals surface area contributed by atoms with Gasteiger partial charge in [-0.25, -0.2) is 0 Å². The molecule has 0 aromatic rings. The minimum Gasteiger partial charge on any atom is -0.342 e. The molecule has 4 fully saturated rings. The maximum Gasteiger partial charge on any atom is 0.225 e. The zero-order chi connectivity index (χ0) is 14.4. The van der Waals surface area contributed by atoms with Crippen LogP contribution in [0.25, 0.3) is 0 Å². The topological polar surface area (TPSA) is 46.3 Å². The van der Waals surface area contributed by atoms with Gasteiger partial charge in [0.1, 0.15) is 0 Å². The van der Waals surface area contributed by atoms with E-state index < -0.39 is 0 Å². The molecule has 1 spiro atoms. The van der Waals surface area contributed by atoms with Gasteiger partial charge in [0.05, 0.1) is 0 Å². The zero-order valence-electron chi connectivity index (χ0n) is 13.6. The molecule has 2 N–H and O–H groups in total. The highest BCUT2D eigenvalue weighted by Crippen LogP contribution is 2.61. The molecular weight excluding hydrogens is 296 g/mol. The van der Waals surface area contributed by atoms with Gasteiger partial charge in [-0.3, -0.25) is 4.79 Å². The van der Waals surface area contributed by atoms with E-state index >= 15 is 0 Å². The van der Waals surface area contributed by atoms with E-state index in [4.69, 9.17) is 5.73 Å². The third-order valence-electron chi connectivity index (χ3n) is 7.30. The molecule has 0 radical (unpaired) electrons. The Balaban J connectivity index is 0.00000144. The second kappa shape index (κ2) is 6.32. The van der Waals surface area contributed by atoms with E-state index in [1.807, 2.05) is 0 Å². The molecule has 1 heterocycles. The predicted octanol–water partition coefficient (Wildman–Crippen LogP) is 3.35. The fourth-order valence-corrected chi connectivity index (χ4v) is 6.20. The molecule has 4 heteroatoms. The van der Waals surface area contributed by atoms with E-state index in [0.717, 1.165) is 37.8 Å². The van der Waals surface area contributed by atoms with Crippen LogP contribution in [0.2, 0.25) is 0 Å². The van der Waals surface area contributed by atoms with Crippen molar-refractivity contribution in [2.45, 2.75) is 70.3 Å². The summed E-state index contributed by atoms with van der Waals surface area (Å²) in [7, 11) is 0.